The molecule has 1 aliphatic rings. The minimum atomic E-state index is 0.653. The molecule has 0 aromatic carbocycles. The highest BCUT2D eigenvalue weighted by atomic mass is 15.2. The van der Waals surface area contributed by atoms with Gasteiger partial charge in [-0.25, -0.2) is 0 Å². The first-order chi connectivity index (χ1) is 6.36. The molecule has 0 aliphatic carbocycles. The smallest absolute Gasteiger partial charge is 0.0363 e. The van der Waals surface area contributed by atoms with E-state index in [1.807, 2.05) is 0 Å². The van der Waals surface area contributed by atoms with Gasteiger partial charge in [0.2, 0.25) is 0 Å². The second-order valence-corrected chi connectivity index (χ2v) is 3.71. The number of hydrogen-bond donors (Lipinski definition) is 1. The van der Waals surface area contributed by atoms with E-state index in [1.165, 1.54) is 37.2 Å². The molecule has 1 aliphatic heterocycles. The predicted molar refractivity (Wildman–Crippen MR) is 54.8 cm³/mol. The molecular weight excluding hydrogens is 160 g/mol. The number of nitrogens with one attached hydrogen (secondary N) is 1. The molecule has 0 saturated heterocycles. The maximum absolute atomic E-state index is 3.34. The molecule has 0 amide bonds. The molecular formula is C11H18N2. The minimum absolute atomic E-state index is 0.653. The molecule has 0 bridgehead atoms. The third kappa shape index (κ3) is 1.39. The standard InChI is InChI=1S/C11H18N2/c1-3-11-9-5-7-12-10(9)6-8-13(11)4-2/h5,7,11-12H,3-4,6,8H2,1-2H3/t11-/m1/s1. The van der Waals surface area contributed by atoms with E-state index in [0.29, 0.717) is 6.04 Å². The van der Waals surface area contributed by atoms with Crippen LogP contribution in [0.25, 0.3) is 0 Å². The lowest BCUT2D eigenvalue weighted by Crippen LogP contribution is -2.34. The fourth-order valence-corrected chi connectivity index (χ4v) is 2.41. The quantitative estimate of drug-likeness (QED) is 0.736. The third-order valence-electron chi connectivity index (χ3n) is 3.11. The van der Waals surface area contributed by atoms with Crippen molar-refractivity contribution in [2.24, 2.45) is 0 Å². The molecule has 0 saturated carbocycles. The number of nitrogens with zero attached hydrogens (tertiary/aromatic N) is 1. The molecule has 1 aromatic rings. The largest absolute Gasteiger partial charge is 0.365 e. The van der Waals surface area contributed by atoms with Gasteiger partial charge in [0.15, 0.2) is 0 Å². The van der Waals surface area contributed by atoms with Crippen molar-refractivity contribution in [2.75, 3.05) is 13.1 Å². The minimum Gasteiger partial charge on any atom is -0.365 e. The Morgan fingerprint density at radius 3 is 3.08 bits per heavy atom. The summed E-state index contributed by atoms with van der Waals surface area (Å²) in [7, 11) is 0. The fraction of sp³-hybridized carbons (Fsp3) is 0.636. The summed E-state index contributed by atoms with van der Waals surface area (Å²) in [4.78, 5) is 5.91. The van der Waals surface area contributed by atoms with Crippen LogP contribution in [0.3, 0.4) is 0 Å². The van der Waals surface area contributed by atoms with Crippen LogP contribution >= 0.6 is 0 Å². The maximum Gasteiger partial charge on any atom is 0.0363 e. The average molecular weight is 178 g/mol. The normalized spacial score (nSPS) is 23.1. The molecule has 72 valence electrons. The molecule has 2 heterocycles. The Bertz CT molecular complexity index is 277. The monoisotopic (exact) mass is 178 g/mol. The van der Waals surface area contributed by atoms with Crippen LogP contribution in [0.15, 0.2) is 12.3 Å². The first-order valence-corrected chi connectivity index (χ1v) is 5.27. The molecule has 13 heavy (non-hydrogen) atoms. The SMILES string of the molecule is CC[C@@H]1c2cc[nH]c2CCN1CC. The number of hydrogen-bond acceptors (Lipinski definition) is 1. The molecule has 1 aromatic heterocycles. The number of H-pyrrole nitrogens is 1. The molecule has 2 rings (SSSR count). The van der Waals surface area contributed by atoms with Crippen LogP contribution in [0.4, 0.5) is 0 Å². The molecule has 0 radical (unpaired) electrons. The van der Waals surface area contributed by atoms with E-state index in [1.54, 1.807) is 0 Å². The average Bonchev–Trinajstić information content (AvgIpc) is 2.63. The Kier molecular flexibility index (Phi) is 2.40. The second kappa shape index (κ2) is 3.54. The van der Waals surface area contributed by atoms with E-state index in [4.69, 9.17) is 0 Å². The molecule has 0 spiro atoms. The number of rotatable bonds is 2. The van der Waals surface area contributed by atoms with E-state index in [0.717, 1.165) is 0 Å². The van der Waals surface area contributed by atoms with E-state index < -0.39 is 0 Å². The van der Waals surface area contributed by atoms with Gasteiger partial charge in [0.05, 0.1) is 0 Å². The van der Waals surface area contributed by atoms with Crippen molar-refractivity contribution >= 4 is 0 Å². The highest BCUT2D eigenvalue weighted by molar-refractivity contribution is 5.27. The fourth-order valence-electron chi connectivity index (χ4n) is 2.41. The Balaban J connectivity index is 2.29. The van der Waals surface area contributed by atoms with Crippen molar-refractivity contribution in [1.29, 1.82) is 0 Å². The lowest BCUT2D eigenvalue weighted by Gasteiger charge is -2.34. The summed E-state index contributed by atoms with van der Waals surface area (Å²) in [5.74, 6) is 0. The maximum atomic E-state index is 3.34. The van der Waals surface area contributed by atoms with Crippen LogP contribution in [0, 0.1) is 0 Å². The van der Waals surface area contributed by atoms with Gasteiger partial charge in [-0.05, 0) is 24.6 Å². The summed E-state index contributed by atoms with van der Waals surface area (Å²) < 4.78 is 0. The highest BCUT2D eigenvalue weighted by Gasteiger charge is 2.24. The van der Waals surface area contributed by atoms with Crippen LogP contribution in [-0.4, -0.2) is 23.0 Å². The Morgan fingerprint density at radius 2 is 2.38 bits per heavy atom. The van der Waals surface area contributed by atoms with E-state index in [-0.39, 0.29) is 0 Å². The number of aromatic amines is 1. The Labute approximate surface area is 79.9 Å². The predicted octanol–water partition coefficient (Wildman–Crippen LogP) is 2.34. The van der Waals surface area contributed by atoms with Crippen molar-refractivity contribution < 1.29 is 0 Å². The van der Waals surface area contributed by atoms with Crippen molar-refractivity contribution in [3.63, 3.8) is 0 Å². The molecule has 2 heteroatoms. The summed E-state index contributed by atoms with van der Waals surface area (Å²) in [5, 5.41) is 0. The first-order valence-electron chi connectivity index (χ1n) is 5.27. The summed E-state index contributed by atoms with van der Waals surface area (Å²) in [6.07, 6.45) is 4.48. The van der Waals surface area contributed by atoms with Gasteiger partial charge in [-0.1, -0.05) is 13.8 Å². The third-order valence-corrected chi connectivity index (χ3v) is 3.11. The Hall–Kier alpha value is -0.760. The van der Waals surface area contributed by atoms with Gasteiger partial charge in [-0.3, -0.25) is 4.90 Å². The lowest BCUT2D eigenvalue weighted by molar-refractivity contribution is 0.189. The van der Waals surface area contributed by atoms with Gasteiger partial charge in [-0.15, -0.1) is 0 Å². The van der Waals surface area contributed by atoms with Gasteiger partial charge >= 0.3 is 0 Å². The Morgan fingerprint density at radius 1 is 1.54 bits per heavy atom. The summed E-state index contributed by atoms with van der Waals surface area (Å²) in [6, 6.07) is 2.89. The van der Waals surface area contributed by atoms with Crippen molar-refractivity contribution in [1.82, 2.24) is 9.88 Å². The van der Waals surface area contributed by atoms with Gasteiger partial charge in [-0.2, -0.15) is 0 Å². The molecule has 0 fully saturated rings. The summed E-state index contributed by atoms with van der Waals surface area (Å²) in [5.41, 5.74) is 2.98. The summed E-state index contributed by atoms with van der Waals surface area (Å²) >= 11 is 0. The zero-order chi connectivity index (χ0) is 9.26. The van der Waals surface area contributed by atoms with E-state index >= 15 is 0 Å². The topological polar surface area (TPSA) is 19.0 Å². The van der Waals surface area contributed by atoms with Gasteiger partial charge in [0.25, 0.3) is 0 Å². The van der Waals surface area contributed by atoms with E-state index in [9.17, 15) is 0 Å². The lowest BCUT2D eigenvalue weighted by atomic mass is 9.97. The number of likely N-dealkylation sites (N-methyl/N-ethyl adjacent to an activating group) is 1. The number of fused-ring (bicyclic) bond motifs is 1. The molecule has 1 N–H and O–H groups in total. The molecule has 1 atom stereocenters. The van der Waals surface area contributed by atoms with Crippen LogP contribution in [-0.2, 0) is 6.42 Å². The highest BCUT2D eigenvalue weighted by Crippen LogP contribution is 2.30. The molecule has 0 unspecified atom stereocenters. The van der Waals surface area contributed by atoms with E-state index in [2.05, 4.69) is 36.0 Å². The number of aromatic nitrogens is 1. The van der Waals surface area contributed by atoms with Crippen molar-refractivity contribution in [2.45, 2.75) is 32.7 Å². The zero-order valence-corrected chi connectivity index (χ0v) is 8.51. The summed E-state index contributed by atoms with van der Waals surface area (Å²) in [6.45, 7) is 6.90. The van der Waals surface area contributed by atoms with Crippen LogP contribution < -0.4 is 0 Å². The van der Waals surface area contributed by atoms with Gasteiger partial charge in [0.1, 0.15) is 0 Å². The van der Waals surface area contributed by atoms with Crippen molar-refractivity contribution in [3.05, 3.63) is 23.5 Å². The zero-order valence-electron chi connectivity index (χ0n) is 8.51. The molecule has 2 nitrogen and oxygen atoms in total. The van der Waals surface area contributed by atoms with Crippen LogP contribution in [0.5, 0.6) is 0 Å². The second-order valence-electron chi connectivity index (χ2n) is 3.71. The van der Waals surface area contributed by atoms with Crippen LogP contribution in [0.1, 0.15) is 37.6 Å². The van der Waals surface area contributed by atoms with Crippen molar-refractivity contribution in [3.8, 4) is 0 Å². The van der Waals surface area contributed by atoms with Gasteiger partial charge in [0, 0.05) is 30.9 Å². The van der Waals surface area contributed by atoms with Crippen LogP contribution in [0.2, 0.25) is 0 Å². The first kappa shape index (κ1) is 8.82. The van der Waals surface area contributed by atoms with Gasteiger partial charge < -0.3 is 4.98 Å².